The minimum Gasteiger partial charge on any atom is -0.459 e. The molecule has 0 atom stereocenters. The molecule has 0 bridgehead atoms. The van der Waals surface area contributed by atoms with Gasteiger partial charge >= 0.3 is 0 Å². The van der Waals surface area contributed by atoms with E-state index in [2.05, 4.69) is 10.6 Å². The van der Waals surface area contributed by atoms with Gasteiger partial charge in [-0.15, -0.1) is 0 Å². The van der Waals surface area contributed by atoms with Crippen LogP contribution in [0.15, 0.2) is 111 Å². The van der Waals surface area contributed by atoms with Crippen LogP contribution in [-0.2, 0) is 9.59 Å². The molecule has 7 nitrogen and oxygen atoms in total. The van der Waals surface area contributed by atoms with Gasteiger partial charge in [0.2, 0.25) is 0 Å². The fourth-order valence-corrected chi connectivity index (χ4v) is 4.74. The number of rotatable bonds is 7. The molecule has 0 fully saturated rings. The Labute approximate surface area is 218 Å². The van der Waals surface area contributed by atoms with Gasteiger partial charge in [-0.2, -0.15) is 0 Å². The zero-order valence-electron chi connectivity index (χ0n) is 20.1. The maximum absolute atomic E-state index is 13.5. The molecule has 3 amide bonds. The zero-order valence-corrected chi connectivity index (χ0v) is 21.0. The van der Waals surface area contributed by atoms with E-state index < -0.39 is 11.8 Å². The van der Waals surface area contributed by atoms with Crippen LogP contribution in [0.4, 0.5) is 17.1 Å². The number of amides is 3. The molecule has 1 aliphatic rings. The molecule has 3 aromatic carbocycles. The Kier molecular flexibility index (Phi) is 6.66. The van der Waals surface area contributed by atoms with Crippen LogP contribution in [0, 0.1) is 13.8 Å². The Hall–Kier alpha value is -4.56. The molecule has 0 unspecified atom stereocenters. The Balaban J connectivity index is 1.43. The van der Waals surface area contributed by atoms with E-state index in [1.54, 1.807) is 60.7 Å². The standard InChI is InChI=1S/C29H23N3O4S/c1-18-10-11-21(17-19(18)2)30-25-26(29(35)32(28(25)34)22-7-4-3-5-8-22)37-23-14-12-20(13-15-23)31-27(33)24-9-6-16-36-24/h3-17,30H,1-2H3,(H,31,33). The van der Waals surface area contributed by atoms with Gasteiger partial charge in [-0.1, -0.05) is 36.0 Å². The van der Waals surface area contributed by atoms with E-state index in [1.807, 2.05) is 38.1 Å². The lowest BCUT2D eigenvalue weighted by Gasteiger charge is -2.15. The van der Waals surface area contributed by atoms with Crippen LogP contribution in [0.3, 0.4) is 0 Å². The van der Waals surface area contributed by atoms with Crippen molar-refractivity contribution in [2.24, 2.45) is 0 Å². The van der Waals surface area contributed by atoms with Gasteiger partial charge in [0.1, 0.15) is 10.6 Å². The molecule has 0 saturated heterocycles. The van der Waals surface area contributed by atoms with Gasteiger partial charge in [0.25, 0.3) is 17.7 Å². The van der Waals surface area contributed by atoms with Crippen LogP contribution in [0.2, 0.25) is 0 Å². The first-order valence-corrected chi connectivity index (χ1v) is 12.4. The van der Waals surface area contributed by atoms with E-state index in [0.29, 0.717) is 16.3 Å². The number of imide groups is 1. The summed E-state index contributed by atoms with van der Waals surface area (Å²) in [5.74, 6) is -0.966. The van der Waals surface area contributed by atoms with Crippen molar-refractivity contribution in [3.8, 4) is 0 Å². The third-order valence-electron chi connectivity index (χ3n) is 5.91. The molecule has 1 aliphatic heterocycles. The molecule has 1 aromatic heterocycles. The van der Waals surface area contributed by atoms with Gasteiger partial charge in [-0.25, -0.2) is 4.90 Å². The zero-order chi connectivity index (χ0) is 25.9. The number of aryl methyl sites for hydroxylation is 2. The summed E-state index contributed by atoms with van der Waals surface area (Å²) < 4.78 is 5.12. The van der Waals surface area contributed by atoms with E-state index in [1.165, 1.54) is 22.9 Å². The summed E-state index contributed by atoms with van der Waals surface area (Å²) in [6.45, 7) is 4.01. The molecule has 0 spiro atoms. The van der Waals surface area contributed by atoms with Crippen molar-refractivity contribution in [2.75, 3.05) is 15.5 Å². The maximum atomic E-state index is 13.5. The molecule has 184 valence electrons. The summed E-state index contributed by atoms with van der Waals surface area (Å²) in [7, 11) is 0. The summed E-state index contributed by atoms with van der Waals surface area (Å²) in [6, 6.07) is 24.9. The van der Waals surface area contributed by atoms with Crippen molar-refractivity contribution >= 4 is 46.5 Å². The fourth-order valence-electron chi connectivity index (χ4n) is 3.81. The van der Waals surface area contributed by atoms with Crippen molar-refractivity contribution < 1.29 is 18.8 Å². The van der Waals surface area contributed by atoms with Crippen LogP contribution < -0.4 is 15.5 Å². The minimum absolute atomic E-state index is 0.210. The van der Waals surface area contributed by atoms with E-state index in [0.717, 1.165) is 21.7 Å². The number of benzene rings is 3. The topological polar surface area (TPSA) is 91.7 Å². The third kappa shape index (κ3) is 5.05. The predicted molar refractivity (Wildman–Crippen MR) is 144 cm³/mol. The van der Waals surface area contributed by atoms with Crippen molar-refractivity contribution in [1.29, 1.82) is 0 Å². The van der Waals surface area contributed by atoms with Gasteiger partial charge in [0.05, 0.1) is 12.0 Å². The SMILES string of the molecule is Cc1ccc(NC2=C(Sc3ccc(NC(=O)c4ccco4)cc3)C(=O)N(c3ccccc3)C2=O)cc1C. The number of hydrogen-bond acceptors (Lipinski definition) is 6. The van der Waals surface area contributed by atoms with Crippen LogP contribution in [0.25, 0.3) is 0 Å². The lowest BCUT2D eigenvalue weighted by molar-refractivity contribution is -0.120. The number of para-hydroxylation sites is 1. The fraction of sp³-hybridized carbons (Fsp3) is 0.0690. The number of thioether (sulfide) groups is 1. The van der Waals surface area contributed by atoms with Crippen molar-refractivity contribution in [1.82, 2.24) is 0 Å². The average molecular weight is 510 g/mol. The molecule has 0 saturated carbocycles. The average Bonchev–Trinajstić information content (AvgIpc) is 3.52. The Morgan fingerprint density at radius 3 is 2.22 bits per heavy atom. The monoisotopic (exact) mass is 509 g/mol. The van der Waals surface area contributed by atoms with E-state index in [-0.39, 0.29) is 17.4 Å². The molecule has 37 heavy (non-hydrogen) atoms. The summed E-state index contributed by atoms with van der Waals surface area (Å²) in [4.78, 5) is 41.4. The van der Waals surface area contributed by atoms with Gasteiger partial charge in [-0.3, -0.25) is 14.4 Å². The highest BCUT2D eigenvalue weighted by Crippen LogP contribution is 2.38. The number of anilines is 3. The summed E-state index contributed by atoms with van der Waals surface area (Å²) >= 11 is 1.20. The van der Waals surface area contributed by atoms with Gasteiger partial charge in [0, 0.05) is 16.3 Å². The number of furan rings is 1. The van der Waals surface area contributed by atoms with Crippen LogP contribution in [-0.4, -0.2) is 17.7 Å². The van der Waals surface area contributed by atoms with Gasteiger partial charge in [-0.05, 0) is 85.6 Å². The van der Waals surface area contributed by atoms with Gasteiger partial charge < -0.3 is 15.1 Å². The van der Waals surface area contributed by atoms with Crippen molar-refractivity contribution in [3.05, 3.63) is 119 Å². The van der Waals surface area contributed by atoms with Crippen LogP contribution in [0.1, 0.15) is 21.7 Å². The number of nitrogens with zero attached hydrogens (tertiary/aromatic N) is 1. The number of carbonyl (C=O) groups is 3. The second-order valence-corrected chi connectivity index (χ2v) is 9.55. The van der Waals surface area contributed by atoms with Gasteiger partial charge in [0.15, 0.2) is 5.76 Å². The summed E-state index contributed by atoms with van der Waals surface area (Å²) in [5.41, 5.74) is 4.23. The largest absolute Gasteiger partial charge is 0.459 e. The first-order chi connectivity index (χ1) is 17.9. The molecular formula is C29H23N3O4S. The first kappa shape index (κ1) is 24.1. The molecule has 5 rings (SSSR count). The minimum atomic E-state index is -0.417. The second-order valence-electron chi connectivity index (χ2n) is 8.47. The number of hydrogen-bond donors (Lipinski definition) is 2. The molecule has 8 heteroatoms. The van der Waals surface area contributed by atoms with E-state index in [9.17, 15) is 14.4 Å². The number of nitrogens with one attached hydrogen (secondary N) is 2. The quantitative estimate of drug-likeness (QED) is 0.291. The van der Waals surface area contributed by atoms with Crippen LogP contribution in [0.5, 0.6) is 0 Å². The smallest absolute Gasteiger partial charge is 0.291 e. The first-order valence-electron chi connectivity index (χ1n) is 11.6. The predicted octanol–water partition coefficient (Wildman–Crippen LogP) is 6.14. The Bertz CT molecular complexity index is 1510. The number of carbonyl (C=O) groups excluding carboxylic acids is 3. The maximum Gasteiger partial charge on any atom is 0.291 e. The highest BCUT2D eigenvalue weighted by atomic mass is 32.2. The summed E-state index contributed by atoms with van der Waals surface area (Å²) in [6.07, 6.45) is 1.44. The highest BCUT2D eigenvalue weighted by molar-refractivity contribution is 8.04. The normalized spacial score (nSPS) is 13.3. The van der Waals surface area contributed by atoms with E-state index >= 15 is 0 Å². The molecule has 0 aliphatic carbocycles. The lowest BCUT2D eigenvalue weighted by Crippen LogP contribution is -2.32. The highest BCUT2D eigenvalue weighted by Gasteiger charge is 2.40. The van der Waals surface area contributed by atoms with Crippen molar-refractivity contribution in [3.63, 3.8) is 0 Å². The van der Waals surface area contributed by atoms with E-state index in [4.69, 9.17) is 4.42 Å². The Morgan fingerprint density at radius 2 is 1.54 bits per heavy atom. The Morgan fingerprint density at radius 1 is 0.811 bits per heavy atom. The molecule has 0 radical (unpaired) electrons. The molecular weight excluding hydrogens is 486 g/mol. The molecule has 2 N–H and O–H groups in total. The summed E-state index contributed by atoms with van der Waals surface area (Å²) in [5, 5.41) is 5.96. The van der Waals surface area contributed by atoms with Crippen LogP contribution >= 0.6 is 11.8 Å². The molecule has 2 heterocycles. The second kappa shape index (κ2) is 10.2. The third-order valence-corrected chi connectivity index (χ3v) is 7.00. The lowest BCUT2D eigenvalue weighted by atomic mass is 10.1. The molecule has 4 aromatic rings. The van der Waals surface area contributed by atoms with Crippen molar-refractivity contribution in [2.45, 2.75) is 18.7 Å².